The number of hydrogen-bond donors (Lipinski definition) is 2. The second-order valence-electron chi connectivity index (χ2n) is 12.3. The molecule has 2 N–H and O–H groups in total. The fourth-order valence-corrected chi connectivity index (χ4v) is 6.86. The first-order valence-electron chi connectivity index (χ1n) is 16.3. The Balaban J connectivity index is 0.000000413. The summed E-state index contributed by atoms with van der Waals surface area (Å²) in [6, 6.07) is 4.02. The number of nitrogens with one attached hydrogen (secondary N) is 2. The van der Waals surface area contributed by atoms with Gasteiger partial charge in [0, 0.05) is 41.3 Å². The summed E-state index contributed by atoms with van der Waals surface area (Å²) >= 11 is 6.35. The number of carbonyl (C=O) groups is 1. The van der Waals surface area contributed by atoms with E-state index in [1.54, 1.807) is 31.5 Å². The fourth-order valence-electron chi connectivity index (χ4n) is 6.64. The molecule has 46 heavy (non-hydrogen) atoms. The van der Waals surface area contributed by atoms with E-state index in [9.17, 15) is 4.79 Å². The smallest absolute Gasteiger partial charge is 0.319 e. The number of pyridine rings is 1. The minimum atomic E-state index is -0.522. The van der Waals surface area contributed by atoms with Gasteiger partial charge in [-0.05, 0) is 71.3 Å². The van der Waals surface area contributed by atoms with Crippen LogP contribution in [0.5, 0.6) is 6.01 Å². The maximum absolute atomic E-state index is 16.3. The zero-order valence-corrected chi connectivity index (χ0v) is 27.3. The third-order valence-electron chi connectivity index (χ3n) is 9.19. The number of hydrogen-bond acceptors (Lipinski definition) is 10. The van der Waals surface area contributed by atoms with E-state index in [4.69, 9.17) is 21.3 Å². The van der Waals surface area contributed by atoms with Crippen molar-refractivity contribution >= 4 is 45.7 Å². The fraction of sp³-hybridized carbons (Fsp3) is 0.545. The van der Waals surface area contributed by atoms with Crippen molar-refractivity contribution < 1.29 is 18.7 Å². The van der Waals surface area contributed by atoms with Crippen LogP contribution >= 0.6 is 11.6 Å². The molecule has 8 rings (SSSR count). The van der Waals surface area contributed by atoms with Crippen LogP contribution < -0.4 is 15.0 Å². The van der Waals surface area contributed by atoms with Crippen LogP contribution in [0, 0.1) is 5.82 Å². The van der Waals surface area contributed by atoms with Crippen LogP contribution in [0.1, 0.15) is 58.3 Å². The molecule has 0 amide bonds. The number of halogens is 2. The van der Waals surface area contributed by atoms with E-state index in [2.05, 4.69) is 40.0 Å². The standard InChI is InChI=1S/C27H30ClFN8O.C3H6O2.C3H6/c1-30-17-4-9-36(14-17)25-20-12-31-23(18-10-16(28)11-21-19(18)13-32-35-21)22(29)24(20)33-26(34-25)38-15-27-5-2-7-37(27)8-3-6-27;1-2-5-3-4;1-2-3-1/h10-13,17,30H,2-9,14-15H2,1H3,(H,32,35);3H,2H2,1H3;1-3H2. The first-order valence-corrected chi connectivity index (χ1v) is 16.7. The van der Waals surface area contributed by atoms with E-state index in [-0.39, 0.29) is 22.8 Å². The molecule has 1 aliphatic carbocycles. The first-order chi connectivity index (χ1) is 22.5. The van der Waals surface area contributed by atoms with Crippen LogP contribution in [-0.4, -0.2) is 94.5 Å². The van der Waals surface area contributed by atoms with Gasteiger partial charge < -0.3 is 19.7 Å². The molecule has 4 aromatic rings. The number of rotatable bonds is 8. The topological polar surface area (TPSA) is 121 Å². The molecule has 246 valence electrons. The molecule has 1 aromatic carbocycles. The van der Waals surface area contributed by atoms with Gasteiger partial charge in [0.25, 0.3) is 6.47 Å². The quantitative estimate of drug-likeness (QED) is 0.236. The van der Waals surface area contributed by atoms with Crippen LogP contribution in [-0.2, 0) is 9.53 Å². The van der Waals surface area contributed by atoms with Crippen molar-refractivity contribution in [3.8, 4) is 17.3 Å². The van der Waals surface area contributed by atoms with Gasteiger partial charge in [0.15, 0.2) is 5.82 Å². The molecule has 0 spiro atoms. The lowest BCUT2D eigenvalue weighted by molar-refractivity contribution is -0.128. The van der Waals surface area contributed by atoms with Gasteiger partial charge in [-0.3, -0.25) is 19.8 Å². The number of fused-ring (bicyclic) bond motifs is 3. The number of benzene rings is 1. The van der Waals surface area contributed by atoms with Crippen molar-refractivity contribution in [1.82, 2.24) is 35.4 Å². The summed E-state index contributed by atoms with van der Waals surface area (Å²) in [7, 11) is 1.96. The minimum Gasteiger partial charge on any atom is -0.468 e. The van der Waals surface area contributed by atoms with Gasteiger partial charge in [0.1, 0.15) is 23.6 Å². The molecule has 4 aliphatic rings. The van der Waals surface area contributed by atoms with E-state index in [0.717, 1.165) is 50.8 Å². The lowest BCUT2D eigenvalue weighted by Gasteiger charge is -2.31. The highest BCUT2D eigenvalue weighted by Gasteiger charge is 2.45. The normalized spacial score (nSPS) is 19.7. The molecule has 4 fully saturated rings. The van der Waals surface area contributed by atoms with Crippen molar-refractivity contribution in [1.29, 1.82) is 0 Å². The third-order valence-corrected chi connectivity index (χ3v) is 9.41. The molecule has 3 aliphatic heterocycles. The van der Waals surface area contributed by atoms with E-state index < -0.39 is 5.82 Å². The third kappa shape index (κ3) is 6.89. The van der Waals surface area contributed by atoms with Crippen molar-refractivity contribution in [2.24, 2.45) is 0 Å². The minimum absolute atomic E-state index is 0.0407. The summed E-state index contributed by atoms with van der Waals surface area (Å²) in [5, 5.41) is 12.1. The van der Waals surface area contributed by atoms with Crippen LogP contribution in [0.3, 0.4) is 0 Å². The number of likely N-dealkylation sites (N-methyl/N-ethyl adjacent to an activating group) is 1. The molecule has 13 heteroatoms. The molecule has 1 unspecified atom stereocenters. The van der Waals surface area contributed by atoms with Gasteiger partial charge in [0.2, 0.25) is 0 Å². The highest BCUT2D eigenvalue weighted by Crippen LogP contribution is 2.40. The summed E-state index contributed by atoms with van der Waals surface area (Å²) in [5.41, 5.74) is 1.69. The van der Waals surface area contributed by atoms with Crippen molar-refractivity contribution in [2.45, 2.75) is 69.9 Å². The summed E-state index contributed by atoms with van der Waals surface area (Å²) < 4.78 is 26.8. The number of aromatic nitrogens is 5. The number of carbonyl (C=O) groups excluding carboxylic acids is 1. The Morgan fingerprint density at radius 1 is 1.11 bits per heavy atom. The molecule has 1 saturated carbocycles. The molecule has 6 heterocycles. The Morgan fingerprint density at radius 3 is 2.54 bits per heavy atom. The molecule has 1 atom stereocenters. The Bertz CT molecular complexity index is 1650. The zero-order valence-electron chi connectivity index (χ0n) is 26.5. The Hall–Kier alpha value is -3.61. The van der Waals surface area contributed by atoms with Gasteiger partial charge in [-0.2, -0.15) is 15.1 Å². The maximum atomic E-state index is 16.3. The summed E-state index contributed by atoms with van der Waals surface area (Å²) in [6.45, 7) is 6.98. The van der Waals surface area contributed by atoms with Crippen molar-refractivity contribution in [3.63, 3.8) is 0 Å². The SMILES string of the molecule is C1CC1.CCOC=O.CNC1CCN(c2nc(OCC34CCCN3CCC4)nc3c(F)c(-c4cc(Cl)cc5[nH]ncc45)ncc23)C1. The Kier molecular flexibility index (Phi) is 10.1. The second kappa shape index (κ2) is 14.4. The van der Waals surface area contributed by atoms with Crippen LogP contribution in [0.15, 0.2) is 24.5 Å². The van der Waals surface area contributed by atoms with Crippen LogP contribution in [0.4, 0.5) is 10.2 Å². The van der Waals surface area contributed by atoms with Crippen LogP contribution in [0.2, 0.25) is 5.02 Å². The van der Waals surface area contributed by atoms with E-state index in [1.807, 2.05) is 7.05 Å². The molecular weight excluding hydrogens is 611 g/mol. The van der Waals surface area contributed by atoms with Crippen molar-refractivity contribution in [3.05, 3.63) is 35.4 Å². The maximum Gasteiger partial charge on any atom is 0.319 e. The number of anilines is 1. The number of nitrogens with zero attached hydrogens (tertiary/aromatic N) is 6. The Labute approximate surface area is 273 Å². The largest absolute Gasteiger partial charge is 0.468 e. The van der Waals surface area contributed by atoms with Gasteiger partial charge >= 0.3 is 6.01 Å². The molecule has 0 bridgehead atoms. The monoisotopic (exact) mass is 652 g/mol. The molecule has 0 radical (unpaired) electrons. The summed E-state index contributed by atoms with van der Waals surface area (Å²) in [6.07, 6.45) is 13.4. The van der Waals surface area contributed by atoms with E-state index in [1.165, 1.54) is 32.1 Å². The van der Waals surface area contributed by atoms with E-state index >= 15 is 4.39 Å². The zero-order chi connectivity index (χ0) is 32.1. The predicted octanol–water partition coefficient (Wildman–Crippen LogP) is 5.52. The lowest BCUT2D eigenvalue weighted by atomic mass is 9.95. The van der Waals surface area contributed by atoms with Gasteiger partial charge in [-0.1, -0.05) is 30.9 Å². The highest BCUT2D eigenvalue weighted by atomic mass is 35.5. The number of ether oxygens (including phenoxy) is 2. The average Bonchev–Trinajstić information content (AvgIpc) is 3.41. The van der Waals surface area contributed by atoms with Gasteiger partial charge in [-0.25, -0.2) is 4.39 Å². The number of aromatic amines is 1. The summed E-state index contributed by atoms with van der Waals surface area (Å²) in [5.74, 6) is 0.138. The first kappa shape index (κ1) is 32.3. The second-order valence-corrected chi connectivity index (χ2v) is 12.8. The van der Waals surface area contributed by atoms with E-state index in [0.29, 0.717) is 53.0 Å². The van der Waals surface area contributed by atoms with Crippen molar-refractivity contribution in [2.75, 3.05) is 51.3 Å². The van der Waals surface area contributed by atoms with Gasteiger partial charge in [-0.15, -0.1) is 0 Å². The lowest BCUT2D eigenvalue weighted by Crippen LogP contribution is -2.43. The summed E-state index contributed by atoms with van der Waals surface area (Å²) in [4.78, 5) is 27.9. The van der Waals surface area contributed by atoms with Crippen LogP contribution in [0.25, 0.3) is 33.1 Å². The molecule has 11 nitrogen and oxygen atoms in total. The molecule has 3 saturated heterocycles. The Morgan fingerprint density at radius 2 is 1.89 bits per heavy atom. The number of H-pyrrole nitrogens is 1. The predicted molar refractivity (Wildman–Crippen MR) is 177 cm³/mol. The van der Waals surface area contributed by atoms with Gasteiger partial charge in [0.05, 0.1) is 29.2 Å². The highest BCUT2D eigenvalue weighted by molar-refractivity contribution is 6.31. The molecule has 3 aromatic heterocycles. The molecular formula is C33H42ClFN8O3. The average molecular weight is 653 g/mol.